The number of aliphatic carboxylic acids is 1. The van der Waals surface area contributed by atoms with Crippen LogP contribution in [0.1, 0.15) is 12.0 Å². The molecule has 0 saturated carbocycles. The molecule has 0 amide bonds. The number of hydrogen-bond acceptors (Lipinski definition) is 4. The molecule has 4 N–H and O–H groups in total. The Labute approximate surface area is 106 Å². The molecule has 1 unspecified atom stereocenters. The molecule has 1 aromatic carbocycles. The van der Waals surface area contributed by atoms with Gasteiger partial charge in [0.2, 0.25) is 10.0 Å². The van der Waals surface area contributed by atoms with E-state index in [0.717, 1.165) is 5.56 Å². The Hall–Kier alpha value is -1.44. The molecular formula is C11H16N2O4S. The zero-order valence-electron chi connectivity index (χ0n) is 9.96. The van der Waals surface area contributed by atoms with Crippen molar-refractivity contribution in [2.24, 2.45) is 5.73 Å². The number of hydrogen-bond donors (Lipinski definition) is 3. The summed E-state index contributed by atoms with van der Waals surface area (Å²) in [7, 11) is -3.83. The highest BCUT2D eigenvalue weighted by Gasteiger charge is 2.24. The van der Waals surface area contributed by atoms with E-state index in [1.807, 2.05) is 6.92 Å². The lowest BCUT2D eigenvalue weighted by Gasteiger charge is -2.13. The van der Waals surface area contributed by atoms with Gasteiger partial charge in [0, 0.05) is 0 Å². The van der Waals surface area contributed by atoms with Crippen molar-refractivity contribution in [3.63, 3.8) is 0 Å². The first kappa shape index (κ1) is 14.6. The third-order valence-corrected chi connectivity index (χ3v) is 3.87. The van der Waals surface area contributed by atoms with Crippen LogP contribution in [0.15, 0.2) is 29.2 Å². The second-order valence-corrected chi connectivity index (χ2v) is 5.62. The Bertz CT molecular complexity index is 510. The van der Waals surface area contributed by atoms with Gasteiger partial charge < -0.3 is 10.8 Å². The molecule has 0 spiro atoms. The van der Waals surface area contributed by atoms with Gasteiger partial charge in [0.1, 0.15) is 6.04 Å². The van der Waals surface area contributed by atoms with Gasteiger partial charge in [-0.25, -0.2) is 8.42 Å². The van der Waals surface area contributed by atoms with Crippen LogP contribution in [0.4, 0.5) is 0 Å². The average Bonchev–Trinajstić information content (AvgIpc) is 2.28. The first-order valence-corrected chi connectivity index (χ1v) is 6.87. The normalized spacial score (nSPS) is 13.2. The first-order chi connectivity index (χ1) is 8.36. The van der Waals surface area contributed by atoms with Crippen molar-refractivity contribution < 1.29 is 18.3 Å². The van der Waals surface area contributed by atoms with E-state index in [1.54, 1.807) is 12.1 Å². The minimum atomic E-state index is -3.83. The molecule has 0 aliphatic heterocycles. The molecule has 1 atom stereocenters. The summed E-state index contributed by atoms with van der Waals surface area (Å²) in [4.78, 5) is 10.9. The maximum atomic E-state index is 11.9. The molecule has 0 aromatic heterocycles. The van der Waals surface area contributed by atoms with E-state index in [0.29, 0.717) is 0 Å². The van der Waals surface area contributed by atoms with E-state index in [1.165, 1.54) is 12.1 Å². The molecule has 1 aromatic rings. The van der Waals surface area contributed by atoms with Crippen molar-refractivity contribution in [2.75, 3.05) is 6.54 Å². The molecule has 0 fully saturated rings. The fourth-order valence-electron chi connectivity index (χ4n) is 1.37. The van der Waals surface area contributed by atoms with Gasteiger partial charge in [-0.3, -0.25) is 4.79 Å². The van der Waals surface area contributed by atoms with Crippen LogP contribution in [-0.4, -0.2) is 32.1 Å². The van der Waals surface area contributed by atoms with Crippen LogP contribution in [0.5, 0.6) is 0 Å². The third-order valence-electron chi connectivity index (χ3n) is 2.38. The molecule has 0 aliphatic rings. The van der Waals surface area contributed by atoms with Crippen molar-refractivity contribution >= 4 is 16.0 Å². The number of sulfonamides is 1. The van der Waals surface area contributed by atoms with Crippen LogP contribution >= 0.6 is 0 Å². The number of nitrogens with two attached hydrogens (primary N) is 1. The molecule has 0 bridgehead atoms. The fraction of sp³-hybridized carbons (Fsp3) is 0.364. The molecule has 7 heteroatoms. The summed E-state index contributed by atoms with van der Waals surface area (Å²) in [5.41, 5.74) is 6.17. The molecule has 0 saturated heterocycles. The summed E-state index contributed by atoms with van der Waals surface area (Å²) in [5.74, 6) is -1.24. The maximum absolute atomic E-state index is 11.9. The highest BCUT2D eigenvalue weighted by atomic mass is 32.2. The first-order valence-electron chi connectivity index (χ1n) is 5.38. The lowest BCUT2D eigenvalue weighted by molar-refractivity contribution is -0.139. The number of carboxylic acid groups (broad SMARTS) is 1. The number of carboxylic acids is 1. The Morgan fingerprint density at radius 1 is 1.39 bits per heavy atom. The SMILES string of the molecule is Cc1ccc(S(=O)(=O)NC(CCN)C(=O)O)cc1. The predicted molar refractivity (Wildman–Crippen MR) is 66.6 cm³/mol. The average molecular weight is 272 g/mol. The highest BCUT2D eigenvalue weighted by molar-refractivity contribution is 7.89. The topological polar surface area (TPSA) is 109 Å². The number of carbonyl (C=O) groups is 1. The molecule has 18 heavy (non-hydrogen) atoms. The number of benzene rings is 1. The van der Waals surface area contributed by atoms with Gasteiger partial charge >= 0.3 is 5.97 Å². The molecular weight excluding hydrogens is 256 g/mol. The number of aryl methyl sites for hydroxylation is 1. The second-order valence-electron chi connectivity index (χ2n) is 3.90. The van der Waals surface area contributed by atoms with E-state index in [4.69, 9.17) is 10.8 Å². The summed E-state index contributed by atoms with van der Waals surface area (Å²) in [6.07, 6.45) is 0.0421. The van der Waals surface area contributed by atoms with Crippen LogP contribution in [0.3, 0.4) is 0 Å². The zero-order valence-corrected chi connectivity index (χ0v) is 10.8. The molecule has 100 valence electrons. The number of nitrogens with one attached hydrogen (secondary N) is 1. The van der Waals surface area contributed by atoms with Crippen LogP contribution in [-0.2, 0) is 14.8 Å². The van der Waals surface area contributed by atoms with E-state index in [-0.39, 0.29) is 17.9 Å². The third kappa shape index (κ3) is 3.80. The van der Waals surface area contributed by atoms with Crippen molar-refractivity contribution in [3.05, 3.63) is 29.8 Å². The highest BCUT2D eigenvalue weighted by Crippen LogP contribution is 2.11. The lowest BCUT2D eigenvalue weighted by atomic mass is 10.2. The Morgan fingerprint density at radius 2 is 1.94 bits per heavy atom. The zero-order chi connectivity index (χ0) is 13.8. The Kier molecular flexibility index (Phi) is 4.83. The van der Waals surface area contributed by atoms with Crippen molar-refractivity contribution in [2.45, 2.75) is 24.3 Å². The van der Waals surface area contributed by atoms with E-state index >= 15 is 0 Å². The minimum Gasteiger partial charge on any atom is -0.480 e. The quantitative estimate of drug-likeness (QED) is 0.679. The van der Waals surface area contributed by atoms with Crippen LogP contribution in [0.2, 0.25) is 0 Å². The molecule has 1 rings (SSSR count). The predicted octanol–water partition coefficient (Wildman–Crippen LogP) is 0.0753. The van der Waals surface area contributed by atoms with E-state index in [9.17, 15) is 13.2 Å². The van der Waals surface area contributed by atoms with Crippen LogP contribution < -0.4 is 10.5 Å². The minimum absolute atomic E-state index is 0.0383. The van der Waals surface area contributed by atoms with Crippen molar-refractivity contribution in [3.8, 4) is 0 Å². The maximum Gasteiger partial charge on any atom is 0.321 e. The van der Waals surface area contributed by atoms with E-state index in [2.05, 4.69) is 4.72 Å². The lowest BCUT2D eigenvalue weighted by Crippen LogP contribution is -2.41. The monoisotopic (exact) mass is 272 g/mol. The fourth-order valence-corrected chi connectivity index (χ4v) is 2.60. The Morgan fingerprint density at radius 3 is 2.39 bits per heavy atom. The summed E-state index contributed by atoms with van der Waals surface area (Å²) >= 11 is 0. The van der Waals surface area contributed by atoms with Crippen molar-refractivity contribution in [1.82, 2.24) is 4.72 Å². The van der Waals surface area contributed by atoms with Crippen LogP contribution in [0.25, 0.3) is 0 Å². The Balaban J connectivity index is 2.93. The molecule has 0 aliphatic carbocycles. The van der Waals surface area contributed by atoms with Gasteiger partial charge in [0.25, 0.3) is 0 Å². The summed E-state index contributed by atoms with van der Waals surface area (Å²) in [6.45, 7) is 1.92. The standard InChI is InChI=1S/C11H16N2O4S/c1-8-2-4-9(5-3-8)18(16,17)13-10(6-7-12)11(14)15/h2-5,10,13H,6-7,12H2,1H3,(H,14,15). The molecule has 0 heterocycles. The van der Waals surface area contributed by atoms with Gasteiger partial charge in [-0.15, -0.1) is 0 Å². The van der Waals surface area contributed by atoms with Gasteiger partial charge in [0.15, 0.2) is 0 Å². The van der Waals surface area contributed by atoms with Crippen LogP contribution in [0, 0.1) is 6.92 Å². The molecule has 0 radical (unpaired) electrons. The molecule has 6 nitrogen and oxygen atoms in total. The summed E-state index contributed by atoms with van der Waals surface area (Å²) in [6, 6.07) is 4.94. The van der Waals surface area contributed by atoms with Gasteiger partial charge in [-0.2, -0.15) is 4.72 Å². The number of rotatable bonds is 6. The summed E-state index contributed by atoms with van der Waals surface area (Å²) in [5, 5.41) is 8.88. The summed E-state index contributed by atoms with van der Waals surface area (Å²) < 4.78 is 26.0. The second kappa shape index (κ2) is 5.94. The smallest absolute Gasteiger partial charge is 0.321 e. The largest absolute Gasteiger partial charge is 0.480 e. The van der Waals surface area contributed by atoms with Gasteiger partial charge in [-0.1, -0.05) is 17.7 Å². The van der Waals surface area contributed by atoms with Gasteiger partial charge in [-0.05, 0) is 32.0 Å². The van der Waals surface area contributed by atoms with Crippen molar-refractivity contribution in [1.29, 1.82) is 0 Å². The van der Waals surface area contributed by atoms with E-state index < -0.39 is 22.0 Å². The van der Waals surface area contributed by atoms with Gasteiger partial charge in [0.05, 0.1) is 4.90 Å².